The maximum atomic E-state index is 3.79. The second-order valence-electron chi connectivity index (χ2n) is 4.77. The molecule has 0 saturated heterocycles. The summed E-state index contributed by atoms with van der Waals surface area (Å²) in [5.41, 5.74) is 5.36. The van der Waals surface area contributed by atoms with Crippen molar-refractivity contribution in [3.05, 3.63) is 70.8 Å². The third-order valence-corrected chi connectivity index (χ3v) is 4.20. The van der Waals surface area contributed by atoms with Gasteiger partial charge >= 0.3 is 0 Å². The lowest BCUT2D eigenvalue weighted by Gasteiger charge is -2.12. The van der Waals surface area contributed by atoms with E-state index in [1.807, 2.05) is 0 Å². The van der Waals surface area contributed by atoms with Crippen molar-refractivity contribution < 1.29 is 0 Å². The van der Waals surface area contributed by atoms with Gasteiger partial charge in [0.1, 0.15) is 0 Å². The highest BCUT2D eigenvalue weighted by Gasteiger charge is 2.09. The molecular weight excluding hydrogens is 284 g/mol. The van der Waals surface area contributed by atoms with Crippen LogP contribution in [0.1, 0.15) is 40.4 Å². The molecule has 0 aliphatic carbocycles. The molecular formula is C17H19Br. The van der Waals surface area contributed by atoms with E-state index in [1.165, 1.54) is 28.7 Å². The summed E-state index contributed by atoms with van der Waals surface area (Å²) in [5, 5.41) is 0. The fourth-order valence-electron chi connectivity index (χ4n) is 2.16. The van der Waals surface area contributed by atoms with E-state index in [1.54, 1.807) is 0 Å². The van der Waals surface area contributed by atoms with Gasteiger partial charge in [-0.1, -0.05) is 83.4 Å². The van der Waals surface area contributed by atoms with Crippen LogP contribution in [0.2, 0.25) is 0 Å². The van der Waals surface area contributed by atoms with E-state index in [2.05, 4.69) is 78.3 Å². The first-order valence-electron chi connectivity index (χ1n) is 6.50. The molecule has 0 saturated carbocycles. The minimum absolute atomic E-state index is 0.285. The van der Waals surface area contributed by atoms with Gasteiger partial charge in [-0.25, -0.2) is 0 Å². The zero-order valence-electron chi connectivity index (χ0n) is 11.0. The molecule has 1 heteroatoms. The third-order valence-electron chi connectivity index (χ3n) is 3.15. The van der Waals surface area contributed by atoms with E-state index in [4.69, 9.17) is 0 Å². The van der Waals surface area contributed by atoms with Gasteiger partial charge in [0.2, 0.25) is 0 Å². The predicted molar refractivity (Wildman–Crippen MR) is 82.4 cm³/mol. The van der Waals surface area contributed by atoms with Crippen molar-refractivity contribution in [1.82, 2.24) is 0 Å². The van der Waals surface area contributed by atoms with E-state index >= 15 is 0 Å². The summed E-state index contributed by atoms with van der Waals surface area (Å²) < 4.78 is 0. The van der Waals surface area contributed by atoms with E-state index in [0.717, 1.165) is 6.42 Å². The first-order valence-corrected chi connectivity index (χ1v) is 7.41. The largest absolute Gasteiger partial charge is 0.0786 e. The summed E-state index contributed by atoms with van der Waals surface area (Å²) in [7, 11) is 0. The van der Waals surface area contributed by atoms with Crippen LogP contribution in [0.4, 0.5) is 0 Å². The molecule has 0 aromatic heterocycles. The number of benzene rings is 2. The fraction of sp³-hybridized carbons (Fsp3) is 0.294. The average molecular weight is 303 g/mol. The SMILES string of the molecule is CCCc1ccc(C(Br)c2cccc(C)c2)cc1. The Kier molecular flexibility index (Phi) is 4.60. The van der Waals surface area contributed by atoms with Gasteiger partial charge in [-0.05, 0) is 30.0 Å². The number of hydrogen-bond acceptors (Lipinski definition) is 0. The topological polar surface area (TPSA) is 0 Å². The Balaban J connectivity index is 2.20. The van der Waals surface area contributed by atoms with Crippen LogP contribution in [-0.4, -0.2) is 0 Å². The highest BCUT2D eigenvalue weighted by molar-refractivity contribution is 9.09. The maximum absolute atomic E-state index is 3.79. The number of halogens is 1. The lowest BCUT2D eigenvalue weighted by atomic mass is 10.0. The summed E-state index contributed by atoms with van der Waals surface area (Å²) in [6, 6.07) is 17.6. The van der Waals surface area contributed by atoms with Crippen molar-refractivity contribution in [3.8, 4) is 0 Å². The minimum Gasteiger partial charge on any atom is -0.0786 e. The molecule has 2 aromatic carbocycles. The second kappa shape index (κ2) is 6.19. The van der Waals surface area contributed by atoms with Gasteiger partial charge in [-0.2, -0.15) is 0 Å². The summed E-state index contributed by atoms with van der Waals surface area (Å²) in [6.07, 6.45) is 2.37. The molecule has 2 aromatic rings. The van der Waals surface area contributed by atoms with Gasteiger partial charge in [0.05, 0.1) is 4.83 Å². The van der Waals surface area contributed by atoms with Crippen molar-refractivity contribution in [2.24, 2.45) is 0 Å². The van der Waals surface area contributed by atoms with Crippen LogP contribution in [-0.2, 0) is 6.42 Å². The van der Waals surface area contributed by atoms with Crippen molar-refractivity contribution in [2.75, 3.05) is 0 Å². The Morgan fingerprint density at radius 3 is 2.33 bits per heavy atom. The average Bonchev–Trinajstić information content (AvgIpc) is 2.39. The minimum atomic E-state index is 0.285. The highest BCUT2D eigenvalue weighted by atomic mass is 79.9. The normalized spacial score (nSPS) is 12.4. The number of aryl methyl sites for hydroxylation is 2. The second-order valence-corrected chi connectivity index (χ2v) is 5.68. The lowest BCUT2D eigenvalue weighted by molar-refractivity contribution is 0.920. The Morgan fingerprint density at radius 1 is 1.00 bits per heavy atom. The van der Waals surface area contributed by atoms with Gasteiger partial charge in [0, 0.05) is 0 Å². The summed E-state index contributed by atoms with van der Waals surface area (Å²) in [4.78, 5) is 0.285. The van der Waals surface area contributed by atoms with Gasteiger partial charge < -0.3 is 0 Å². The molecule has 0 fully saturated rings. The smallest absolute Gasteiger partial charge is 0.0644 e. The molecule has 0 bridgehead atoms. The van der Waals surface area contributed by atoms with Crippen LogP contribution in [0.5, 0.6) is 0 Å². The predicted octanol–water partition coefficient (Wildman–Crippen LogP) is 5.43. The van der Waals surface area contributed by atoms with Crippen LogP contribution < -0.4 is 0 Å². The summed E-state index contributed by atoms with van der Waals surface area (Å²) in [5.74, 6) is 0. The van der Waals surface area contributed by atoms with Crippen LogP contribution in [0.15, 0.2) is 48.5 Å². The molecule has 0 spiro atoms. The molecule has 18 heavy (non-hydrogen) atoms. The molecule has 0 nitrogen and oxygen atoms in total. The van der Waals surface area contributed by atoms with Crippen molar-refractivity contribution in [1.29, 1.82) is 0 Å². The molecule has 0 aliphatic heterocycles. The van der Waals surface area contributed by atoms with E-state index in [9.17, 15) is 0 Å². The van der Waals surface area contributed by atoms with Crippen molar-refractivity contribution in [3.63, 3.8) is 0 Å². The van der Waals surface area contributed by atoms with Gasteiger partial charge in [-0.15, -0.1) is 0 Å². The maximum Gasteiger partial charge on any atom is 0.0644 e. The molecule has 0 N–H and O–H groups in total. The van der Waals surface area contributed by atoms with E-state index < -0.39 is 0 Å². The molecule has 2 rings (SSSR count). The molecule has 0 heterocycles. The molecule has 0 radical (unpaired) electrons. The standard InChI is InChI=1S/C17H19Br/c1-3-5-14-8-10-15(11-9-14)17(18)16-7-4-6-13(2)12-16/h4,6-12,17H,3,5H2,1-2H3. The monoisotopic (exact) mass is 302 g/mol. The van der Waals surface area contributed by atoms with Crippen molar-refractivity contribution in [2.45, 2.75) is 31.5 Å². The zero-order chi connectivity index (χ0) is 13.0. The Bertz CT molecular complexity index is 499. The van der Waals surface area contributed by atoms with Crippen LogP contribution in [0.3, 0.4) is 0 Å². The summed E-state index contributed by atoms with van der Waals surface area (Å²) >= 11 is 3.79. The first kappa shape index (κ1) is 13.4. The van der Waals surface area contributed by atoms with Gasteiger partial charge in [-0.3, -0.25) is 0 Å². The first-order chi connectivity index (χ1) is 8.70. The number of rotatable bonds is 4. The Hall–Kier alpha value is -1.08. The van der Waals surface area contributed by atoms with E-state index in [0.29, 0.717) is 0 Å². The highest BCUT2D eigenvalue weighted by Crippen LogP contribution is 2.31. The molecule has 1 atom stereocenters. The van der Waals surface area contributed by atoms with Gasteiger partial charge in [0.25, 0.3) is 0 Å². The molecule has 0 aliphatic rings. The summed E-state index contributed by atoms with van der Waals surface area (Å²) in [6.45, 7) is 4.35. The zero-order valence-corrected chi connectivity index (χ0v) is 12.6. The van der Waals surface area contributed by atoms with Crippen molar-refractivity contribution >= 4 is 15.9 Å². The fourth-order valence-corrected chi connectivity index (χ4v) is 2.75. The lowest BCUT2D eigenvalue weighted by Crippen LogP contribution is -1.94. The Labute approximate surface area is 118 Å². The number of alkyl halides is 1. The van der Waals surface area contributed by atoms with E-state index in [-0.39, 0.29) is 4.83 Å². The van der Waals surface area contributed by atoms with Crippen LogP contribution in [0.25, 0.3) is 0 Å². The number of hydrogen-bond donors (Lipinski definition) is 0. The molecule has 1 unspecified atom stereocenters. The van der Waals surface area contributed by atoms with Crippen LogP contribution in [0, 0.1) is 6.92 Å². The van der Waals surface area contributed by atoms with Crippen LogP contribution >= 0.6 is 15.9 Å². The molecule has 94 valence electrons. The molecule has 0 amide bonds. The Morgan fingerprint density at radius 2 is 1.72 bits per heavy atom. The third kappa shape index (κ3) is 3.23. The quantitative estimate of drug-likeness (QED) is 0.660. The van der Waals surface area contributed by atoms with Gasteiger partial charge in [0.15, 0.2) is 0 Å².